The van der Waals surface area contributed by atoms with Gasteiger partial charge in [0.25, 0.3) is 0 Å². The van der Waals surface area contributed by atoms with Gasteiger partial charge in [0.2, 0.25) is 5.91 Å². The number of rotatable bonds is 8. The van der Waals surface area contributed by atoms with Crippen molar-refractivity contribution in [3.63, 3.8) is 0 Å². The molecule has 0 aliphatic carbocycles. The lowest BCUT2D eigenvalue weighted by molar-refractivity contribution is -0.113. The molecule has 2 rings (SSSR count). The van der Waals surface area contributed by atoms with Crippen LogP contribution in [-0.4, -0.2) is 17.4 Å². The van der Waals surface area contributed by atoms with Crippen LogP contribution in [0.2, 0.25) is 0 Å². The van der Waals surface area contributed by atoms with Gasteiger partial charge in [0.1, 0.15) is 0 Å². The van der Waals surface area contributed by atoms with E-state index in [4.69, 9.17) is 0 Å². The van der Waals surface area contributed by atoms with Crippen LogP contribution in [0.15, 0.2) is 60.7 Å². The largest absolute Gasteiger partial charge is 0.325 e. The van der Waals surface area contributed by atoms with Gasteiger partial charge in [-0.2, -0.15) is 0 Å². The molecule has 3 heteroatoms. The fourth-order valence-electron chi connectivity index (χ4n) is 2.41. The summed E-state index contributed by atoms with van der Waals surface area (Å²) in [6.45, 7) is 4.35. The van der Waals surface area contributed by atoms with Crippen molar-refractivity contribution >= 4 is 29.4 Å². The second kappa shape index (κ2) is 9.99. The number of para-hydroxylation sites is 1. The van der Waals surface area contributed by atoms with Gasteiger partial charge in [-0.25, -0.2) is 0 Å². The highest BCUT2D eigenvalue weighted by Gasteiger charge is 2.10. The molecule has 0 spiro atoms. The molecule has 1 amide bonds. The van der Waals surface area contributed by atoms with Crippen LogP contribution in [0.1, 0.15) is 37.3 Å². The van der Waals surface area contributed by atoms with E-state index >= 15 is 0 Å². The van der Waals surface area contributed by atoms with E-state index in [9.17, 15) is 4.79 Å². The molecule has 1 atom stereocenters. The topological polar surface area (TPSA) is 29.1 Å². The van der Waals surface area contributed by atoms with Crippen LogP contribution in [0.4, 0.5) is 5.69 Å². The Bertz CT molecular complexity index is 667. The van der Waals surface area contributed by atoms with Crippen LogP contribution in [0.5, 0.6) is 0 Å². The molecule has 2 aromatic carbocycles. The molecule has 126 valence electrons. The second-order valence-corrected chi connectivity index (χ2v) is 6.80. The van der Waals surface area contributed by atoms with Gasteiger partial charge in [0.05, 0.1) is 5.75 Å². The summed E-state index contributed by atoms with van der Waals surface area (Å²) < 4.78 is 0. The second-order valence-electron chi connectivity index (χ2n) is 5.77. The predicted octanol–water partition coefficient (Wildman–Crippen LogP) is 5.59. The predicted molar refractivity (Wildman–Crippen MR) is 107 cm³/mol. The van der Waals surface area contributed by atoms with Gasteiger partial charge >= 0.3 is 0 Å². The van der Waals surface area contributed by atoms with Crippen molar-refractivity contribution < 1.29 is 4.79 Å². The number of amides is 1. The van der Waals surface area contributed by atoms with E-state index in [0.717, 1.165) is 17.9 Å². The zero-order chi connectivity index (χ0) is 17.2. The standard InChI is InChI=1S/C21H25NOS/c1-3-17(2)19-13-7-8-14-20(19)22-21(23)16-24-15-9-12-18-10-5-4-6-11-18/h4-14,17H,3,15-16H2,1-2H3,(H,22,23)/b12-9+/t17-/m1/s1. The molecule has 0 aromatic heterocycles. The van der Waals surface area contributed by atoms with E-state index in [1.54, 1.807) is 11.8 Å². The van der Waals surface area contributed by atoms with Crippen LogP contribution in [-0.2, 0) is 4.79 Å². The Hall–Kier alpha value is -2.00. The summed E-state index contributed by atoms with van der Waals surface area (Å²) in [4.78, 5) is 12.2. The van der Waals surface area contributed by atoms with Crippen LogP contribution >= 0.6 is 11.8 Å². The van der Waals surface area contributed by atoms with E-state index < -0.39 is 0 Å². The van der Waals surface area contributed by atoms with Crippen LogP contribution in [0.3, 0.4) is 0 Å². The summed E-state index contributed by atoms with van der Waals surface area (Å²) in [6, 6.07) is 18.3. The first kappa shape index (κ1) is 18.3. The summed E-state index contributed by atoms with van der Waals surface area (Å²) in [5, 5.41) is 3.05. The molecule has 0 bridgehead atoms. The SMILES string of the molecule is CC[C@@H](C)c1ccccc1NC(=O)CSC/C=C/c1ccccc1. The smallest absolute Gasteiger partial charge is 0.234 e. The molecule has 0 heterocycles. The van der Waals surface area contributed by atoms with Crippen LogP contribution in [0.25, 0.3) is 6.08 Å². The van der Waals surface area contributed by atoms with Gasteiger partial charge in [-0.3, -0.25) is 4.79 Å². The van der Waals surface area contributed by atoms with Crippen LogP contribution < -0.4 is 5.32 Å². The first-order valence-electron chi connectivity index (χ1n) is 8.38. The van der Waals surface area contributed by atoms with Crippen molar-refractivity contribution in [2.75, 3.05) is 16.8 Å². The van der Waals surface area contributed by atoms with Crippen molar-refractivity contribution in [2.24, 2.45) is 0 Å². The average molecular weight is 340 g/mol. The summed E-state index contributed by atoms with van der Waals surface area (Å²) in [6.07, 6.45) is 5.25. The Morgan fingerprint density at radius 2 is 1.83 bits per heavy atom. The van der Waals surface area contributed by atoms with E-state index in [0.29, 0.717) is 11.7 Å². The molecule has 0 radical (unpaired) electrons. The summed E-state index contributed by atoms with van der Waals surface area (Å²) >= 11 is 1.62. The first-order chi connectivity index (χ1) is 11.7. The molecule has 0 aliphatic heterocycles. The molecular formula is C21H25NOS. The number of carbonyl (C=O) groups excluding carboxylic acids is 1. The maximum atomic E-state index is 12.2. The third kappa shape index (κ3) is 5.89. The number of hydrogen-bond acceptors (Lipinski definition) is 2. The number of anilines is 1. The molecule has 1 N–H and O–H groups in total. The Balaban J connectivity index is 1.79. The fraction of sp³-hybridized carbons (Fsp3) is 0.286. The van der Waals surface area contributed by atoms with E-state index in [1.165, 1.54) is 11.1 Å². The molecule has 0 aliphatic rings. The third-order valence-electron chi connectivity index (χ3n) is 3.94. The Morgan fingerprint density at radius 3 is 2.58 bits per heavy atom. The number of benzene rings is 2. The van der Waals surface area contributed by atoms with Crippen molar-refractivity contribution in [3.8, 4) is 0 Å². The molecule has 0 fully saturated rings. The highest BCUT2D eigenvalue weighted by atomic mass is 32.2. The number of nitrogens with one attached hydrogen (secondary N) is 1. The molecule has 2 aromatic rings. The van der Waals surface area contributed by atoms with Gasteiger partial charge in [0.15, 0.2) is 0 Å². The van der Waals surface area contributed by atoms with Gasteiger partial charge in [-0.1, -0.05) is 74.5 Å². The minimum atomic E-state index is 0.0591. The zero-order valence-electron chi connectivity index (χ0n) is 14.4. The fourth-order valence-corrected chi connectivity index (χ4v) is 3.02. The number of hydrogen-bond donors (Lipinski definition) is 1. The van der Waals surface area contributed by atoms with Gasteiger partial charge < -0.3 is 5.32 Å². The normalized spacial score (nSPS) is 12.2. The number of thioether (sulfide) groups is 1. The maximum absolute atomic E-state index is 12.2. The summed E-state index contributed by atoms with van der Waals surface area (Å²) in [7, 11) is 0. The van der Waals surface area contributed by atoms with E-state index in [1.807, 2.05) is 36.4 Å². The average Bonchev–Trinajstić information content (AvgIpc) is 2.62. The van der Waals surface area contributed by atoms with Gasteiger partial charge in [-0.15, -0.1) is 11.8 Å². The maximum Gasteiger partial charge on any atom is 0.234 e. The number of carbonyl (C=O) groups is 1. The van der Waals surface area contributed by atoms with Crippen LogP contribution in [0, 0.1) is 0 Å². The Labute approximate surface area is 149 Å². The lowest BCUT2D eigenvalue weighted by Gasteiger charge is -2.15. The van der Waals surface area contributed by atoms with Crippen molar-refractivity contribution in [2.45, 2.75) is 26.2 Å². The van der Waals surface area contributed by atoms with Gasteiger partial charge in [0, 0.05) is 11.4 Å². The molecule has 0 saturated carbocycles. The summed E-state index contributed by atoms with van der Waals surface area (Å²) in [5.74, 6) is 1.80. The van der Waals surface area contributed by atoms with Gasteiger partial charge in [-0.05, 0) is 29.5 Å². The van der Waals surface area contributed by atoms with Crippen molar-refractivity contribution in [1.29, 1.82) is 0 Å². The summed E-state index contributed by atoms with van der Waals surface area (Å²) in [5.41, 5.74) is 3.34. The lowest BCUT2D eigenvalue weighted by Crippen LogP contribution is -2.16. The minimum Gasteiger partial charge on any atom is -0.325 e. The molecule has 0 unspecified atom stereocenters. The Morgan fingerprint density at radius 1 is 1.12 bits per heavy atom. The highest BCUT2D eigenvalue weighted by Crippen LogP contribution is 2.26. The van der Waals surface area contributed by atoms with Crippen molar-refractivity contribution in [3.05, 3.63) is 71.8 Å². The Kier molecular flexibility index (Phi) is 7.63. The zero-order valence-corrected chi connectivity index (χ0v) is 15.2. The minimum absolute atomic E-state index is 0.0591. The third-order valence-corrected chi connectivity index (χ3v) is 4.83. The lowest BCUT2D eigenvalue weighted by atomic mass is 9.97. The molecular weight excluding hydrogens is 314 g/mol. The molecule has 0 saturated heterocycles. The first-order valence-corrected chi connectivity index (χ1v) is 9.54. The molecule has 24 heavy (non-hydrogen) atoms. The van der Waals surface area contributed by atoms with E-state index in [2.05, 4.69) is 49.5 Å². The highest BCUT2D eigenvalue weighted by molar-refractivity contribution is 8.00. The van der Waals surface area contributed by atoms with Crippen molar-refractivity contribution in [1.82, 2.24) is 0 Å². The van der Waals surface area contributed by atoms with E-state index in [-0.39, 0.29) is 5.91 Å². The monoisotopic (exact) mass is 339 g/mol. The quantitative estimate of drug-likeness (QED) is 0.636. The molecule has 2 nitrogen and oxygen atoms in total.